The van der Waals surface area contributed by atoms with Gasteiger partial charge in [0.05, 0.1) is 28.4 Å². The van der Waals surface area contributed by atoms with Crippen LogP contribution in [-0.2, 0) is 4.79 Å². The van der Waals surface area contributed by atoms with Gasteiger partial charge in [0.25, 0.3) is 5.91 Å². The van der Waals surface area contributed by atoms with Crippen LogP contribution in [0.15, 0.2) is 39.3 Å². The number of anilines is 1. The van der Waals surface area contributed by atoms with E-state index in [-0.39, 0.29) is 12.5 Å². The molecule has 0 radical (unpaired) electrons. The molecule has 25 heavy (non-hydrogen) atoms. The summed E-state index contributed by atoms with van der Waals surface area (Å²) in [6.45, 7) is 0.985. The van der Waals surface area contributed by atoms with Gasteiger partial charge in [-0.3, -0.25) is 4.79 Å². The third kappa shape index (κ3) is 4.80. The lowest BCUT2D eigenvalue weighted by molar-refractivity contribution is -0.118. The molecule has 0 atom stereocenters. The minimum Gasteiger partial charge on any atom is -0.490 e. The van der Waals surface area contributed by atoms with E-state index >= 15 is 0 Å². The average molecular weight is 492 g/mol. The molecule has 8 heteroatoms. The monoisotopic (exact) mass is 489 g/mol. The Bertz CT molecular complexity index is 800. The van der Waals surface area contributed by atoms with E-state index in [2.05, 4.69) is 37.2 Å². The number of ether oxygens (including phenoxy) is 3. The molecule has 1 aliphatic rings. The van der Waals surface area contributed by atoms with E-state index in [1.807, 2.05) is 12.1 Å². The fourth-order valence-corrected chi connectivity index (χ4v) is 3.56. The highest BCUT2D eigenvalue weighted by molar-refractivity contribution is 9.11. The molecule has 0 unspecified atom stereocenters. The molecule has 0 aliphatic carbocycles. The topological polar surface area (TPSA) is 56.8 Å². The van der Waals surface area contributed by atoms with Gasteiger partial charge in [-0.25, -0.2) is 0 Å². The van der Waals surface area contributed by atoms with Crippen LogP contribution >= 0.6 is 43.5 Å². The number of carbonyl (C=O) groups excluding carboxylic acids is 1. The predicted molar refractivity (Wildman–Crippen MR) is 103 cm³/mol. The average Bonchev–Trinajstić information content (AvgIpc) is 2.79. The van der Waals surface area contributed by atoms with Gasteiger partial charge in [-0.1, -0.05) is 27.5 Å². The van der Waals surface area contributed by atoms with Gasteiger partial charge in [-0.2, -0.15) is 0 Å². The second kappa shape index (κ2) is 8.29. The van der Waals surface area contributed by atoms with Crippen LogP contribution in [0, 0.1) is 0 Å². The second-order valence-electron chi connectivity index (χ2n) is 5.24. The molecule has 3 rings (SSSR count). The molecular weight excluding hydrogens is 477 g/mol. The van der Waals surface area contributed by atoms with E-state index in [9.17, 15) is 4.79 Å². The Hall–Kier alpha value is -1.44. The van der Waals surface area contributed by atoms with Crippen LogP contribution in [0.2, 0.25) is 5.02 Å². The minimum absolute atomic E-state index is 0.148. The van der Waals surface area contributed by atoms with Gasteiger partial charge < -0.3 is 19.5 Å². The maximum atomic E-state index is 12.2. The normalized spacial score (nSPS) is 13.1. The number of halogens is 3. The Kier molecular flexibility index (Phi) is 6.09. The van der Waals surface area contributed by atoms with E-state index in [4.69, 9.17) is 25.8 Å². The molecule has 5 nitrogen and oxygen atoms in total. The maximum Gasteiger partial charge on any atom is 0.262 e. The molecule has 1 aliphatic heterocycles. The largest absolute Gasteiger partial charge is 0.490 e. The van der Waals surface area contributed by atoms with Crippen LogP contribution in [0.3, 0.4) is 0 Å². The van der Waals surface area contributed by atoms with Crippen molar-refractivity contribution in [3.05, 3.63) is 44.3 Å². The molecule has 0 saturated heterocycles. The van der Waals surface area contributed by atoms with E-state index in [1.54, 1.807) is 18.2 Å². The molecule has 2 aromatic carbocycles. The molecule has 0 fully saturated rings. The summed E-state index contributed by atoms with van der Waals surface area (Å²) in [4.78, 5) is 12.2. The Balaban J connectivity index is 1.65. The SMILES string of the molecule is O=C(COc1ccc(Br)cc1Br)Nc1cc2c(cc1Cl)OCCCO2. The molecule has 1 N–H and O–H groups in total. The summed E-state index contributed by atoms with van der Waals surface area (Å²) in [5.41, 5.74) is 0.453. The zero-order valence-electron chi connectivity index (χ0n) is 13.0. The molecule has 0 bridgehead atoms. The fourth-order valence-electron chi connectivity index (χ4n) is 2.20. The lowest BCUT2D eigenvalue weighted by Gasteiger charge is -2.13. The van der Waals surface area contributed by atoms with E-state index in [1.165, 1.54) is 0 Å². The van der Waals surface area contributed by atoms with Gasteiger partial charge in [-0.05, 0) is 34.1 Å². The fraction of sp³-hybridized carbons (Fsp3) is 0.235. The molecule has 132 valence electrons. The summed E-state index contributed by atoms with van der Waals surface area (Å²) < 4.78 is 18.4. The molecule has 0 aromatic heterocycles. The molecule has 1 heterocycles. The zero-order chi connectivity index (χ0) is 17.8. The number of hydrogen-bond acceptors (Lipinski definition) is 4. The Morgan fingerprint density at radius 2 is 1.88 bits per heavy atom. The molecule has 1 amide bonds. The summed E-state index contributed by atoms with van der Waals surface area (Å²) in [7, 11) is 0. The highest BCUT2D eigenvalue weighted by Crippen LogP contribution is 2.37. The van der Waals surface area contributed by atoms with Crippen molar-refractivity contribution in [2.75, 3.05) is 25.1 Å². The molecule has 2 aromatic rings. The van der Waals surface area contributed by atoms with Gasteiger partial charge in [0.1, 0.15) is 5.75 Å². The first-order chi connectivity index (χ1) is 12.0. The predicted octanol–water partition coefficient (Wildman–Crippen LogP) is 5.04. The number of fused-ring (bicyclic) bond motifs is 1. The van der Waals surface area contributed by atoms with Crippen molar-refractivity contribution in [3.63, 3.8) is 0 Å². The van der Waals surface area contributed by atoms with Gasteiger partial charge in [0, 0.05) is 23.0 Å². The van der Waals surface area contributed by atoms with E-state index in [0.29, 0.717) is 41.2 Å². The first-order valence-corrected chi connectivity index (χ1v) is 9.46. The number of hydrogen-bond donors (Lipinski definition) is 1. The highest BCUT2D eigenvalue weighted by atomic mass is 79.9. The van der Waals surface area contributed by atoms with Crippen molar-refractivity contribution < 1.29 is 19.0 Å². The summed E-state index contributed by atoms with van der Waals surface area (Å²) in [5.74, 6) is 1.39. The third-order valence-electron chi connectivity index (χ3n) is 3.36. The van der Waals surface area contributed by atoms with Crippen LogP contribution in [0.25, 0.3) is 0 Å². The van der Waals surface area contributed by atoms with E-state index in [0.717, 1.165) is 15.4 Å². The van der Waals surface area contributed by atoms with Crippen LogP contribution in [0.5, 0.6) is 17.2 Å². The Labute approximate surface area is 166 Å². The van der Waals surface area contributed by atoms with Crippen molar-refractivity contribution >= 4 is 55.1 Å². The van der Waals surface area contributed by atoms with Gasteiger partial charge >= 0.3 is 0 Å². The van der Waals surface area contributed by atoms with Gasteiger partial charge in [0.2, 0.25) is 0 Å². The zero-order valence-corrected chi connectivity index (χ0v) is 16.9. The standard InChI is InChI=1S/C17H14Br2ClNO4/c18-10-2-3-14(11(19)6-10)25-9-17(22)21-13-8-16-15(7-12(13)20)23-4-1-5-24-16/h2-3,6-8H,1,4-5,9H2,(H,21,22). The quantitative estimate of drug-likeness (QED) is 0.651. The van der Waals surface area contributed by atoms with Crippen LogP contribution in [-0.4, -0.2) is 25.7 Å². The van der Waals surface area contributed by atoms with Crippen LogP contribution in [0.4, 0.5) is 5.69 Å². The molecule has 0 saturated carbocycles. The first kappa shape index (κ1) is 18.4. The lowest BCUT2D eigenvalue weighted by Crippen LogP contribution is -2.20. The Morgan fingerprint density at radius 3 is 2.60 bits per heavy atom. The van der Waals surface area contributed by atoms with Crippen molar-refractivity contribution in [1.82, 2.24) is 0 Å². The van der Waals surface area contributed by atoms with Crippen molar-refractivity contribution in [3.8, 4) is 17.2 Å². The number of nitrogens with one attached hydrogen (secondary N) is 1. The van der Waals surface area contributed by atoms with Crippen LogP contribution in [0.1, 0.15) is 6.42 Å². The molecular formula is C17H14Br2ClNO4. The second-order valence-corrected chi connectivity index (χ2v) is 7.42. The lowest BCUT2D eigenvalue weighted by atomic mass is 10.2. The summed E-state index contributed by atoms with van der Waals surface area (Å²) in [6, 6.07) is 8.75. The Morgan fingerprint density at radius 1 is 1.16 bits per heavy atom. The maximum absolute atomic E-state index is 12.2. The number of carbonyl (C=O) groups is 1. The first-order valence-electron chi connectivity index (χ1n) is 7.50. The third-order valence-corrected chi connectivity index (χ3v) is 4.79. The van der Waals surface area contributed by atoms with Crippen LogP contribution < -0.4 is 19.5 Å². The minimum atomic E-state index is -0.328. The number of amides is 1. The number of rotatable bonds is 4. The summed E-state index contributed by atoms with van der Waals surface area (Å²) in [6.07, 6.45) is 0.796. The highest BCUT2D eigenvalue weighted by Gasteiger charge is 2.16. The van der Waals surface area contributed by atoms with Crippen molar-refractivity contribution in [2.45, 2.75) is 6.42 Å². The van der Waals surface area contributed by atoms with Gasteiger partial charge in [0.15, 0.2) is 18.1 Å². The van der Waals surface area contributed by atoms with Gasteiger partial charge in [-0.15, -0.1) is 0 Å². The summed E-state index contributed by atoms with van der Waals surface area (Å²) in [5, 5.41) is 3.10. The smallest absolute Gasteiger partial charge is 0.262 e. The molecule has 0 spiro atoms. The van der Waals surface area contributed by atoms with E-state index < -0.39 is 0 Å². The number of benzene rings is 2. The summed E-state index contributed by atoms with van der Waals surface area (Å²) >= 11 is 13.0. The van der Waals surface area contributed by atoms with Crippen molar-refractivity contribution in [1.29, 1.82) is 0 Å². The van der Waals surface area contributed by atoms with Crippen molar-refractivity contribution in [2.24, 2.45) is 0 Å².